The van der Waals surface area contributed by atoms with E-state index in [1.807, 2.05) is 12.1 Å². The van der Waals surface area contributed by atoms with Gasteiger partial charge in [0.05, 0.1) is 24.8 Å². The second-order valence-corrected chi connectivity index (χ2v) is 7.42. The summed E-state index contributed by atoms with van der Waals surface area (Å²) in [7, 11) is 1.57. The summed E-state index contributed by atoms with van der Waals surface area (Å²) in [6, 6.07) is 15.5. The number of hydrogen-bond donors (Lipinski definition) is 2. The summed E-state index contributed by atoms with van der Waals surface area (Å²) in [5.74, 6) is -0.377. The fourth-order valence-electron chi connectivity index (χ4n) is 3.68. The molecule has 164 valence electrons. The van der Waals surface area contributed by atoms with Gasteiger partial charge in [-0.2, -0.15) is 0 Å². The number of esters is 1. The monoisotopic (exact) mass is 432 g/mol. The van der Waals surface area contributed by atoms with E-state index in [1.54, 1.807) is 62.0 Å². The van der Waals surface area contributed by atoms with Crippen LogP contribution in [-0.4, -0.2) is 43.2 Å². The Morgan fingerprint density at radius 1 is 1.09 bits per heavy atom. The predicted octanol–water partition coefficient (Wildman–Crippen LogP) is 3.36. The number of nitrogens with zero attached hydrogens (tertiary/aromatic N) is 2. The van der Waals surface area contributed by atoms with Crippen LogP contribution in [0.5, 0.6) is 5.75 Å². The fourth-order valence-corrected chi connectivity index (χ4v) is 3.68. The third kappa shape index (κ3) is 4.64. The Balaban J connectivity index is 1.47. The summed E-state index contributed by atoms with van der Waals surface area (Å²) in [4.78, 5) is 32.1. The number of methoxy groups -OCH3 is 1. The van der Waals surface area contributed by atoms with Gasteiger partial charge in [0.15, 0.2) is 0 Å². The highest BCUT2D eigenvalue weighted by molar-refractivity contribution is 6.13. The van der Waals surface area contributed by atoms with Crippen molar-refractivity contribution in [3.8, 4) is 5.75 Å². The molecule has 1 unspecified atom stereocenters. The average molecular weight is 432 g/mol. The van der Waals surface area contributed by atoms with Gasteiger partial charge >= 0.3 is 5.97 Å². The van der Waals surface area contributed by atoms with Gasteiger partial charge in [0, 0.05) is 42.4 Å². The number of amides is 1. The number of nitrogens with two attached hydrogens (primary N) is 1. The molecule has 1 atom stereocenters. The molecule has 1 saturated heterocycles. The van der Waals surface area contributed by atoms with Crippen LogP contribution in [0, 0.1) is 0 Å². The van der Waals surface area contributed by atoms with Crippen molar-refractivity contribution in [2.75, 3.05) is 36.1 Å². The van der Waals surface area contributed by atoms with Crippen molar-refractivity contribution >= 4 is 28.9 Å². The molecule has 1 fully saturated rings. The number of nitrogen functional groups attached to an aromatic ring is 1. The van der Waals surface area contributed by atoms with Crippen molar-refractivity contribution in [3.63, 3.8) is 0 Å². The Bertz CT molecular complexity index is 1100. The Morgan fingerprint density at radius 2 is 1.84 bits per heavy atom. The normalized spacial score (nSPS) is 15.3. The lowest BCUT2D eigenvalue weighted by atomic mass is 10.0. The maximum Gasteiger partial charge on any atom is 0.341 e. The lowest BCUT2D eigenvalue weighted by Gasteiger charge is -2.19. The molecule has 4 rings (SSSR count). The number of nitrogens with one attached hydrogen (secondary N) is 1. The molecular weight excluding hydrogens is 408 g/mol. The summed E-state index contributed by atoms with van der Waals surface area (Å²) in [6.07, 6.45) is 3.85. The fraction of sp³-hybridized carbons (Fsp3) is 0.208. The van der Waals surface area contributed by atoms with E-state index in [4.69, 9.17) is 15.2 Å². The van der Waals surface area contributed by atoms with Crippen LogP contribution in [0.2, 0.25) is 0 Å². The van der Waals surface area contributed by atoms with Crippen LogP contribution in [0.1, 0.15) is 27.1 Å². The highest BCUT2D eigenvalue weighted by Crippen LogP contribution is 2.25. The Morgan fingerprint density at radius 3 is 2.56 bits per heavy atom. The van der Waals surface area contributed by atoms with Crippen molar-refractivity contribution in [2.45, 2.75) is 12.5 Å². The minimum absolute atomic E-state index is 0.0703. The zero-order valence-corrected chi connectivity index (χ0v) is 17.7. The van der Waals surface area contributed by atoms with E-state index in [2.05, 4.69) is 15.2 Å². The summed E-state index contributed by atoms with van der Waals surface area (Å²) < 4.78 is 10.9. The number of hydrogen-bond acceptors (Lipinski definition) is 7. The minimum Gasteiger partial charge on any atom is -0.497 e. The van der Waals surface area contributed by atoms with Gasteiger partial charge in [-0.1, -0.05) is 6.07 Å². The maximum absolute atomic E-state index is 13.0. The molecule has 3 aromatic rings. The van der Waals surface area contributed by atoms with Crippen molar-refractivity contribution < 1.29 is 19.1 Å². The predicted molar refractivity (Wildman–Crippen MR) is 122 cm³/mol. The van der Waals surface area contributed by atoms with Crippen molar-refractivity contribution in [1.82, 2.24) is 4.98 Å². The molecule has 0 spiro atoms. The Kier molecular flexibility index (Phi) is 6.21. The first-order valence-electron chi connectivity index (χ1n) is 10.2. The molecule has 0 bridgehead atoms. The molecule has 1 amide bonds. The van der Waals surface area contributed by atoms with Gasteiger partial charge in [-0.05, 0) is 48.5 Å². The molecule has 1 aromatic heterocycles. The van der Waals surface area contributed by atoms with Crippen LogP contribution in [0.3, 0.4) is 0 Å². The number of carbonyl (C=O) groups is 2. The molecule has 8 heteroatoms. The summed E-state index contributed by atoms with van der Waals surface area (Å²) in [5, 5.41) is 2.78. The Labute approximate surface area is 186 Å². The first-order chi connectivity index (χ1) is 15.5. The molecule has 32 heavy (non-hydrogen) atoms. The number of rotatable bonds is 6. The third-order valence-electron chi connectivity index (χ3n) is 5.34. The zero-order valence-electron chi connectivity index (χ0n) is 17.7. The van der Waals surface area contributed by atoms with Gasteiger partial charge in [0.1, 0.15) is 11.9 Å². The SMILES string of the molecule is COc1ccc(NC(=O)c2cccc(N)c2C(=O)OC2CCN(c3ccncc3)C2)cc1. The van der Waals surface area contributed by atoms with E-state index in [-0.39, 0.29) is 22.9 Å². The first kappa shape index (κ1) is 21.2. The lowest BCUT2D eigenvalue weighted by Crippen LogP contribution is -2.26. The molecule has 3 N–H and O–H groups in total. The average Bonchev–Trinajstić information content (AvgIpc) is 3.28. The summed E-state index contributed by atoms with van der Waals surface area (Å²) >= 11 is 0. The number of ether oxygens (including phenoxy) is 2. The Hall–Kier alpha value is -4.07. The third-order valence-corrected chi connectivity index (χ3v) is 5.34. The van der Waals surface area contributed by atoms with Crippen LogP contribution in [0.4, 0.5) is 17.1 Å². The van der Waals surface area contributed by atoms with Crippen molar-refractivity contribution in [2.24, 2.45) is 0 Å². The van der Waals surface area contributed by atoms with Gasteiger partial charge in [-0.15, -0.1) is 0 Å². The summed E-state index contributed by atoms with van der Waals surface area (Å²) in [5.41, 5.74) is 8.09. The largest absolute Gasteiger partial charge is 0.497 e. The van der Waals surface area contributed by atoms with E-state index in [9.17, 15) is 9.59 Å². The number of aromatic nitrogens is 1. The van der Waals surface area contributed by atoms with Crippen LogP contribution >= 0.6 is 0 Å². The minimum atomic E-state index is -0.607. The number of anilines is 3. The van der Waals surface area contributed by atoms with E-state index < -0.39 is 11.9 Å². The van der Waals surface area contributed by atoms with Crippen LogP contribution in [0.25, 0.3) is 0 Å². The molecule has 2 aromatic carbocycles. The van der Waals surface area contributed by atoms with Crippen molar-refractivity contribution in [1.29, 1.82) is 0 Å². The topological polar surface area (TPSA) is 107 Å². The molecule has 2 heterocycles. The van der Waals surface area contributed by atoms with Crippen molar-refractivity contribution in [3.05, 3.63) is 78.1 Å². The van der Waals surface area contributed by atoms with E-state index in [0.717, 1.165) is 12.2 Å². The van der Waals surface area contributed by atoms with Gasteiger partial charge in [-0.25, -0.2) is 4.79 Å². The lowest BCUT2D eigenvalue weighted by molar-refractivity contribution is 0.0347. The van der Waals surface area contributed by atoms with Gasteiger partial charge in [-0.3, -0.25) is 9.78 Å². The number of carbonyl (C=O) groups excluding carboxylic acids is 2. The molecule has 1 aliphatic rings. The molecule has 8 nitrogen and oxygen atoms in total. The van der Waals surface area contributed by atoms with Gasteiger partial charge in [0.25, 0.3) is 5.91 Å². The second-order valence-electron chi connectivity index (χ2n) is 7.42. The molecule has 0 aliphatic carbocycles. The van der Waals surface area contributed by atoms with Gasteiger partial charge < -0.3 is 25.4 Å². The molecular formula is C24H24N4O4. The summed E-state index contributed by atoms with van der Waals surface area (Å²) in [6.45, 7) is 1.33. The van der Waals surface area contributed by atoms with Crippen LogP contribution < -0.4 is 20.7 Å². The quantitative estimate of drug-likeness (QED) is 0.454. The van der Waals surface area contributed by atoms with E-state index in [1.165, 1.54) is 0 Å². The number of pyridine rings is 1. The van der Waals surface area contributed by atoms with Gasteiger partial charge in [0.2, 0.25) is 0 Å². The molecule has 1 aliphatic heterocycles. The van der Waals surface area contributed by atoms with E-state index in [0.29, 0.717) is 24.4 Å². The van der Waals surface area contributed by atoms with Crippen LogP contribution in [0.15, 0.2) is 67.0 Å². The smallest absolute Gasteiger partial charge is 0.341 e. The molecule has 0 saturated carbocycles. The molecule has 0 radical (unpaired) electrons. The zero-order chi connectivity index (χ0) is 22.5. The second kappa shape index (κ2) is 9.38. The van der Waals surface area contributed by atoms with E-state index >= 15 is 0 Å². The highest BCUT2D eigenvalue weighted by Gasteiger charge is 2.29. The maximum atomic E-state index is 13.0. The number of benzene rings is 2. The first-order valence-corrected chi connectivity index (χ1v) is 10.2. The highest BCUT2D eigenvalue weighted by atomic mass is 16.5. The standard InChI is InChI=1S/C24H24N4O4/c1-31-18-7-5-16(6-8-18)27-23(29)20-3-2-4-21(25)22(20)24(30)32-19-11-14-28(15-19)17-9-12-26-13-10-17/h2-10,12-13,19H,11,14-15,25H2,1H3,(H,27,29). The van der Waals surface area contributed by atoms with Crippen LogP contribution in [-0.2, 0) is 4.74 Å².